The number of hydrogen-bond acceptors (Lipinski definition) is 3. The molecule has 0 aliphatic carbocycles. The van der Waals surface area contributed by atoms with Gasteiger partial charge in [0.05, 0.1) is 0 Å². The fourth-order valence-corrected chi connectivity index (χ4v) is 2.99. The van der Waals surface area contributed by atoms with E-state index < -0.39 is 11.8 Å². The number of rotatable bonds is 4. The van der Waals surface area contributed by atoms with E-state index in [1.54, 1.807) is 23.1 Å². The van der Waals surface area contributed by atoms with Gasteiger partial charge < -0.3 is 15.5 Å². The van der Waals surface area contributed by atoms with Crippen LogP contribution in [0.1, 0.15) is 24.0 Å². The number of anilines is 2. The smallest absolute Gasteiger partial charge is 0.313 e. The Morgan fingerprint density at radius 2 is 1.85 bits per heavy atom. The lowest BCUT2D eigenvalue weighted by Gasteiger charge is -2.19. The molecule has 1 aliphatic rings. The molecule has 0 atom stereocenters. The first kappa shape index (κ1) is 17.7. The highest BCUT2D eigenvalue weighted by Crippen LogP contribution is 2.27. The van der Waals surface area contributed by atoms with Crippen molar-refractivity contribution in [3.8, 4) is 0 Å². The first-order valence-corrected chi connectivity index (χ1v) is 8.59. The molecule has 0 bridgehead atoms. The zero-order chi connectivity index (χ0) is 18.5. The summed E-state index contributed by atoms with van der Waals surface area (Å²) in [5, 5.41) is 5.19. The lowest BCUT2D eigenvalue weighted by atomic mass is 10.1. The summed E-state index contributed by atoms with van der Waals surface area (Å²) in [7, 11) is 0. The van der Waals surface area contributed by atoms with Gasteiger partial charge in [0.1, 0.15) is 0 Å². The van der Waals surface area contributed by atoms with Gasteiger partial charge in [-0.3, -0.25) is 14.4 Å². The Balaban J connectivity index is 1.59. The molecule has 0 unspecified atom stereocenters. The normalized spacial score (nSPS) is 13.6. The van der Waals surface area contributed by atoms with Gasteiger partial charge in [0.15, 0.2) is 0 Å². The Labute approximate surface area is 152 Å². The zero-order valence-corrected chi connectivity index (χ0v) is 14.6. The molecule has 26 heavy (non-hydrogen) atoms. The largest absolute Gasteiger partial charge is 0.344 e. The summed E-state index contributed by atoms with van der Waals surface area (Å²) in [6, 6.07) is 14.7. The Kier molecular flexibility index (Phi) is 5.31. The lowest BCUT2D eigenvalue weighted by molar-refractivity contribution is -0.136. The van der Waals surface area contributed by atoms with Crippen LogP contribution in [0.25, 0.3) is 0 Å². The minimum Gasteiger partial charge on any atom is -0.344 e. The Morgan fingerprint density at radius 3 is 2.50 bits per heavy atom. The molecule has 0 radical (unpaired) electrons. The number of amides is 3. The highest BCUT2D eigenvalue weighted by atomic mass is 16.2. The predicted molar refractivity (Wildman–Crippen MR) is 99.7 cm³/mol. The van der Waals surface area contributed by atoms with Crippen LogP contribution in [0.3, 0.4) is 0 Å². The van der Waals surface area contributed by atoms with Crippen molar-refractivity contribution in [3.63, 3.8) is 0 Å². The maximum absolute atomic E-state index is 12.1. The van der Waals surface area contributed by atoms with E-state index in [0.717, 1.165) is 23.2 Å². The minimum atomic E-state index is -0.717. The van der Waals surface area contributed by atoms with Gasteiger partial charge in [-0.15, -0.1) is 0 Å². The van der Waals surface area contributed by atoms with Crippen molar-refractivity contribution in [2.24, 2.45) is 0 Å². The highest BCUT2D eigenvalue weighted by molar-refractivity contribution is 6.39. The number of carbonyl (C=O) groups is 3. The average Bonchev–Trinajstić information content (AvgIpc) is 3.06. The van der Waals surface area contributed by atoms with Gasteiger partial charge in [-0.1, -0.05) is 30.3 Å². The van der Waals surface area contributed by atoms with E-state index in [4.69, 9.17) is 0 Å². The molecule has 134 valence electrons. The molecule has 1 saturated heterocycles. The molecule has 3 amide bonds. The molecule has 1 fully saturated rings. The number of nitrogens with one attached hydrogen (secondary N) is 2. The second kappa shape index (κ2) is 7.82. The van der Waals surface area contributed by atoms with Crippen LogP contribution in [0.5, 0.6) is 0 Å². The zero-order valence-electron chi connectivity index (χ0n) is 14.6. The molecule has 1 heterocycles. The number of nitrogens with zero attached hydrogens (tertiary/aromatic N) is 1. The molecule has 0 aromatic heterocycles. The molecule has 3 rings (SSSR count). The van der Waals surface area contributed by atoms with E-state index in [9.17, 15) is 14.4 Å². The number of carbonyl (C=O) groups excluding carboxylic acids is 3. The van der Waals surface area contributed by atoms with E-state index in [0.29, 0.717) is 25.2 Å². The minimum absolute atomic E-state index is 0.116. The van der Waals surface area contributed by atoms with Crippen LogP contribution in [0, 0.1) is 6.92 Å². The Hall–Kier alpha value is -3.15. The van der Waals surface area contributed by atoms with E-state index >= 15 is 0 Å². The van der Waals surface area contributed by atoms with Gasteiger partial charge in [0.25, 0.3) is 0 Å². The van der Waals surface area contributed by atoms with Gasteiger partial charge in [0, 0.05) is 30.9 Å². The standard InChI is InChI=1S/C20H21N3O3/c1-14-12-16(9-10-17(14)23-11-5-8-18(23)24)22-20(26)19(25)21-13-15-6-3-2-4-7-15/h2-4,6-7,9-10,12H,5,8,11,13H2,1H3,(H,21,25)(H,22,26). The predicted octanol–water partition coefficient (Wildman–Crippen LogP) is 2.38. The molecule has 0 saturated carbocycles. The summed E-state index contributed by atoms with van der Waals surface area (Å²) in [5.74, 6) is -1.29. The van der Waals surface area contributed by atoms with Crippen molar-refractivity contribution in [2.45, 2.75) is 26.3 Å². The van der Waals surface area contributed by atoms with Crippen LogP contribution >= 0.6 is 0 Å². The molecule has 1 aliphatic heterocycles. The summed E-state index contributed by atoms with van der Waals surface area (Å²) < 4.78 is 0. The van der Waals surface area contributed by atoms with Crippen molar-refractivity contribution in [3.05, 3.63) is 59.7 Å². The summed E-state index contributed by atoms with van der Waals surface area (Å²) in [6.45, 7) is 2.89. The van der Waals surface area contributed by atoms with Crippen molar-refractivity contribution in [1.82, 2.24) is 5.32 Å². The second-order valence-electron chi connectivity index (χ2n) is 6.27. The number of benzene rings is 2. The fourth-order valence-electron chi connectivity index (χ4n) is 2.99. The van der Waals surface area contributed by atoms with Gasteiger partial charge >= 0.3 is 11.8 Å². The average molecular weight is 351 g/mol. The molecule has 6 nitrogen and oxygen atoms in total. The maximum atomic E-state index is 12.1. The SMILES string of the molecule is Cc1cc(NC(=O)C(=O)NCc2ccccc2)ccc1N1CCCC1=O. The van der Waals surface area contributed by atoms with Crippen molar-refractivity contribution < 1.29 is 14.4 Å². The van der Waals surface area contributed by atoms with Crippen LogP contribution in [-0.4, -0.2) is 24.3 Å². The van der Waals surface area contributed by atoms with Gasteiger partial charge in [-0.25, -0.2) is 0 Å². The number of aryl methyl sites for hydroxylation is 1. The van der Waals surface area contributed by atoms with Crippen molar-refractivity contribution in [2.75, 3.05) is 16.8 Å². The van der Waals surface area contributed by atoms with E-state index in [1.807, 2.05) is 37.3 Å². The summed E-state index contributed by atoms with van der Waals surface area (Å²) in [6.07, 6.45) is 1.43. The van der Waals surface area contributed by atoms with Gasteiger partial charge in [0.2, 0.25) is 5.91 Å². The summed E-state index contributed by atoms with van der Waals surface area (Å²) in [5.41, 5.74) is 3.17. The molecule has 2 aromatic rings. The van der Waals surface area contributed by atoms with Gasteiger partial charge in [-0.05, 0) is 42.7 Å². The molecule has 0 spiro atoms. The van der Waals surface area contributed by atoms with Crippen LogP contribution in [0.2, 0.25) is 0 Å². The highest BCUT2D eigenvalue weighted by Gasteiger charge is 2.23. The van der Waals surface area contributed by atoms with Crippen LogP contribution in [-0.2, 0) is 20.9 Å². The van der Waals surface area contributed by atoms with Crippen LogP contribution in [0.15, 0.2) is 48.5 Å². The van der Waals surface area contributed by atoms with Crippen LogP contribution in [0.4, 0.5) is 11.4 Å². The molecular formula is C20H21N3O3. The molecule has 2 N–H and O–H groups in total. The second-order valence-corrected chi connectivity index (χ2v) is 6.27. The molecule has 6 heteroatoms. The Bertz CT molecular complexity index is 833. The third-order valence-corrected chi connectivity index (χ3v) is 4.32. The fraction of sp³-hybridized carbons (Fsp3) is 0.250. The van der Waals surface area contributed by atoms with E-state index in [1.165, 1.54) is 0 Å². The Morgan fingerprint density at radius 1 is 1.08 bits per heavy atom. The third-order valence-electron chi connectivity index (χ3n) is 4.32. The number of hydrogen-bond donors (Lipinski definition) is 2. The topological polar surface area (TPSA) is 78.5 Å². The van der Waals surface area contributed by atoms with Crippen LogP contribution < -0.4 is 15.5 Å². The van der Waals surface area contributed by atoms with E-state index in [-0.39, 0.29) is 5.91 Å². The summed E-state index contributed by atoms with van der Waals surface area (Å²) in [4.78, 5) is 37.6. The first-order chi connectivity index (χ1) is 12.5. The molecule has 2 aromatic carbocycles. The lowest BCUT2D eigenvalue weighted by Crippen LogP contribution is -2.35. The van der Waals surface area contributed by atoms with Gasteiger partial charge in [-0.2, -0.15) is 0 Å². The summed E-state index contributed by atoms with van der Waals surface area (Å²) >= 11 is 0. The quantitative estimate of drug-likeness (QED) is 0.830. The maximum Gasteiger partial charge on any atom is 0.313 e. The first-order valence-electron chi connectivity index (χ1n) is 8.59. The third kappa shape index (κ3) is 4.08. The van der Waals surface area contributed by atoms with Crippen molar-refractivity contribution >= 4 is 29.1 Å². The van der Waals surface area contributed by atoms with Crippen molar-refractivity contribution in [1.29, 1.82) is 0 Å². The molecular weight excluding hydrogens is 330 g/mol. The van der Waals surface area contributed by atoms with E-state index in [2.05, 4.69) is 10.6 Å². The monoisotopic (exact) mass is 351 g/mol.